The Hall–Kier alpha value is -1.94. The van der Waals surface area contributed by atoms with Gasteiger partial charge in [-0.3, -0.25) is 10.1 Å². The molecule has 1 aliphatic rings. The highest BCUT2D eigenvalue weighted by Crippen LogP contribution is 2.40. The lowest BCUT2D eigenvalue weighted by molar-refractivity contribution is -0.111. The van der Waals surface area contributed by atoms with E-state index in [0.29, 0.717) is 17.3 Å². The molecule has 1 heterocycles. The molecule has 1 unspecified atom stereocenters. The average Bonchev–Trinajstić information content (AvgIpc) is 3.00. The number of benzene rings is 1. The van der Waals surface area contributed by atoms with Crippen LogP contribution in [0.25, 0.3) is 6.08 Å². The zero-order valence-electron chi connectivity index (χ0n) is 17.0. The maximum absolute atomic E-state index is 12.3. The predicted octanol–water partition coefficient (Wildman–Crippen LogP) is 6.07. The van der Waals surface area contributed by atoms with Gasteiger partial charge in [-0.2, -0.15) is 0 Å². The molecule has 2 aromatic rings. The number of carbonyl (C=O) groups is 1. The SMILES string of the molecule is CC(C)c1ccc(/C=C/C(=O)Nc2nc3c(s2)CC(C(C)(C)C)CC3)cc1. The molecule has 27 heavy (non-hydrogen) atoms. The van der Waals surface area contributed by atoms with Gasteiger partial charge in [-0.25, -0.2) is 4.98 Å². The molecule has 0 bridgehead atoms. The molecule has 1 atom stereocenters. The molecule has 0 spiro atoms. The van der Waals surface area contributed by atoms with Crippen LogP contribution in [0.4, 0.5) is 5.13 Å². The van der Waals surface area contributed by atoms with Crippen LogP contribution in [-0.2, 0) is 17.6 Å². The number of fused-ring (bicyclic) bond motifs is 1. The molecule has 0 saturated carbocycles. The van der Waals surface area contributed by atoms with Gasteiger partial charge in [-0.15, -0.1) is 11.3 Å². The highest BCUT2D eigenvalue weighted by molar-refractivity contribution is 7.15. The fourth-order valence-electron chi connectivity index (χ4n) is 3.48. The average molecular weight is 383 g/mol. The first kappa shape index (κ1) is 19.8. The maximum atomic E-state index is 12.3. The molecule has 144 valence electrons. The number of amides is 1. The first-order valence-corrected chi connectivity index (χ1v) is 10.6. The second-order valence-corrected chi connectivity index (χ2v) is 9.92. The number of aryl methyl sites for hydroxylation is 1. The van der Waals surface area contributed by atoms with Gasteiger partial charge in [0.15, 0.2) is 5.13 Å². The topological polar surface area (TPSA) is 42.0 Å². The molecule has 1 amide bonds. The van der Waals surface area contributed by atoms with E-state index in [1.165, 1.54) is 22.6 Å². The third kappa shape index (κ3) is 5.07. The Labute approximate surface area is 166 Å². The summed E-state index contributed by atoms with van der Waals surface area (Å²) < 4.78 is 0. The van der Waals surface area contributed by atoms with Gasteiger partial charge in [0.2, 0.25) is 5.91 Å². The van der Waals surface area contributed by atoms with E-state index >= 15 is 0 Å². The molecule has 0 saturated heterocycles. The largest absolute Gasteiger partial charge is 0.298 e. The molecule has 3 rings (SSSR count). The van der Waals surface area contributed by atoms with Crippen LogP contribution in [0.1, 0.15) is 68.7 Å². The van der Waals surface area contributed by atoms with Crippen molar-refractivity contribution in [1.82, 2.24) is 4.98 Å². The Kier molecular flexibility index (Phi) is 5.85. The number of hydrogen-bond donors (Lipinski definition) is 1. The van der Waals surface area contributed by atoms with Gasteiger partial charge in [0.1, 0.15) is 0 Å². The summed E-state index contributed by atoms with van der Waals surface area (Å²) in [5, 5.41) is 3.66. The summed E-state index contributed by atoms with van der Waals surface area (Å²) in [6, 6.07) is 8.33. The Morgan fingerprint density at radius 3 is 2.59 bits per heavy atom. The fourth-order valence-corrected chi connectivity index (χ4v) is 4.57. The number of thiazole rings is 1. The normalized spacial score (nSPS) is 17.3. The zero-order valence-corrected chi connectivity index (χ0v) is 17.8. The Bertz CT molecular complexity index is 825. The second-order valence-electron chi connectivity index (χ2n) is 8.84. The number of hydrogen-bond acceptors (Lipinski definition) is 3. The van der Waals surface area contributed by atoms with Crippen LogP contribution < -0.4 is 5.32 Å². The first-order valence-electron chi connectivity index (χ1n) is 9.80. The van der Waals surface area contributed by atoms with Gasteiger partial charge in [0.05, 0.1) is 5.69 Å². The minimum absolute atomic E-state index is 0.124. The summed E-state index contributed by atoms with van der Waals surface area (Å²) in [6.07, 6.45) is 6.71. The quantitative estimate of drug-likeness (QED) is 0.652. The number of rotatable bonds is 4. The van der Waals surface area contributed by atoms with Crippen molar-refractivity contribution in [3.63, 3.8) is 0 Å². The van der Waals surface area contributed by atoms with Crippen molar-refractivity contribution >= 4 is 28.5 Å². The van der Waals surface area contributed by atoms with Crippen molar-refractivity contribution in [2.24, 2.45) is 11.3 Å². The molecule has 0 aliphatic heterocycles. The number of carbonyl (C=O) groups excluding carboxylic acids is 1. The summed E-state index contributed by atoms with van der Waals surface area (Å²) >= 11 is 1.63. The minimum Gasteiger partial charge on any atom is -0.298 e. The summed E-state index contributed by atoms with van der Waals surface area (Å²) in [6.45, 7) is 11.3. The summed E-state index contributed by atoms with van der Waals surface area (Å²) in [5.74, 6) is 1.07. The van der Waals surface area contributed by atoms with E-state index in [9.17, 15) is 4.79 Å². The van der Waals surface area contributed by atoms with Crippen LogP contribution in [0.15, 0.2) is 30.3 Å². The standard InChI is InChI=1S/C23H30N2OS/c1-15(2)17-9-6-16(7-10-17)8-13-21(26)25-22-24-19-12-11-18(23(3,4)5)14-20(19)27-22/h6-10,13,15,18H,11-12,14H2,1-5H3,(H,24,25,26)/b13-8+. The van der Waals surface area contributed by atoms with Crippen LogP contribution in [-0.4, -0.2) is 10.9 Å². The monoisotopic (exact) mass is 382 g/mol. The molecule has 0 fully saturated rings. The van der Waals surface area contributed by atoms with Crippen molar-refractivity contribution in [3.05, 3.63) is 52.0 Å². The van der Waals surface area contributed by atoms with E-state index in [1.807, 2.05) is 18.2 Å². The van der Waals surface area contributed by atoms with E-state index in [2.05, 4.69) is 57.1 Å². The summed E-state index contributed by atoms with van der Waals surface area (Å²) in [7, 11) is 0. The van der Waals surface area contributed by atoms with E-state index in [-0.39, 0.29) is 5.91 Å². The van der Waals surface area contributed by atoms with Crippen LogP contribution in [0.3, 0.4) is 0 Å². The summed E-state index contributed by atoms with van der Waals surface area (Å²) in [5.41, 5.74) is 3.82. The number of anilines is 1. The van der Waals surface area contributed by atoms with Crippen molar-refractivity contribution < 1.29 is 4.79 Å². The van der Waals surface area contributed by atoms with E-state index in [1.54, 1.807) is 17.4 Å². The molecule has 1 aromatic heterocycles. The smallest absolute Gasteiger partial charge is 0.250 e. The van der Waals surface area contributed by atoms with Gasteiger partial charge in [0.25, 0.3) is 0 Å². The molecular formula is C23H30N2OS. The lowest BCUT2D eigenvalue weighted by atomic mass is 9.73. The number of nitrogens with one attached hydrogen (secondary N) is 1. The van der Waals surface area contributed by atoms with Crippen LogP contribution in [0, 0.1) is 11.3 Å². The molecule has 1 aliphatic carbocycles. The highest BCUT2D eigenvalue weighted by atomic mass is 32.1. The molecule has 1 N–H and O–H groups in total. The maximum Gasteiger partial charge on any atom is 0.250 e. The predicted molar refractivity (Wildman–Crippen MR) is 115 cm³/mol. The van der Waals surface area contributed by atoms with Crippen molar-refractivity contribution in [2.45, 2.75) is 59.8 Å². The van der Waals surface area contributed by atoms with E-state index in [4.69, 9.17) is 0 Å². The molecule has 1 aromatic carbocycles. The van der Waals surface area contributed by atoms with Gasteiger partial charge in [-0.05, 0) is 53.7 Å². The lowest BCUT2D eigenvalue weighted by Crippen LogP contribution is -2.26. The third-order valence-electron chi connectivity index (χ3n) is 5.42. The second kappa shape index (κ2) is 7.97. The van der Waals surface area contributed by atoms with Gasteiger partial charge >= 0.3 is 0 Å². The Morgan fingerprint density at radius 1 is 1.26 bits per heavy atom. The first-order chi connectivity index (χ1) is 12.7. The Balaban J connectivity index is 1.61. The summed E-state index contributed by atoms with van der Waals surface area (Å²) in [4.78, 5) is 18.2. The van der Waals surface area contributed by atoms with Crippen molar-refractivity contribution in [3.8, 4) is 0 Å². The fraction of sp³-hybridized carbons (Fsp3) is 0.478. The van der Waals surface area contributed by atoms with Gasteiger partial charge in [0, 0.05) is 11.0 Å². The molecule has 3 nitrogen and oxygen atoms in total. The van der Waals surface area contributed by atoms with Gasteiger partial charge in [-0.1, -0.05) is 58.9 Å². The van der Waals surface area contributed by atoms with Crippen molar-refractivity contribution in [2.75, 3.05) is 5.32 Å². The van der Waals surface area contributed by atoms with E-state index in [0.717, 1.165) is 23.5 Å². The van der Waals surface area contributed by atoms with Crippen LogP contribution >= 0.6 is 11.3 Å². The highest BCUT2D eigenvalue weighted by Gasteiger charge is 2.30. The van der Waals surface area contributed by atoms with Crippen molar-refractivity contribution in [1.29, 1.82) is 0 Å². The number of aromatic nitrogens is 1. The molecule has 0 radical (unpaired) electrons. The minimum atomic E-state index is -0.124. The number of nitrogens with zero attached hydrogens (tertiary/aromatic N) is 1. The third-order valence-corrected chi connectivity index (χ3v) is 6.46. The molecular weight excluding hydrogens is 352 g/mol. The van der Waals surface area contributed by atoms with Crippen LogP contribution in [0.5, 0.6) is 0 Å². The van der Waals surface area contributed by atoms with E-state index < -0.39 is 0 Å². The van der Waals surface area contributed by atoms with Gasteiger partial charge < -0.3 is 0 Å². The van der Waals surface area contributed by atoms with Crippen LogP contribution in [0.2, 0.25) is 0 Å². The molecule has 4 heteroatoms. The lowest BCUT2D eigenvalue weighted by Gasteiger charge is -2.33. The Morgan fingerprint density at radius 2 is 1.96 bits per heavy atom. The zero-order chi connectivity index (χ0) is 19.6.